The van der Waals surface area contributed by atoms with Gasteiger partial charge in [-0.3, -0.25) is 4.40 Å². The van der Waals surface area contributed by atoms with Crippen molar-refractivity contribution in [3.05, 3.63) is 18.7 Å². The maximum Gasteiger partial charge on any atom is 0.203 e. The van der Waals surface area contributed by atoms with E-state index in [9.17, 15) is 10.2 Å². The van der Waals surface area contributed by atoms with Gasteiger partial charge in [-0.25, -0.2) is 4.98 Å². The quantitative estimate of drug-likeness (QED) is 0.620. The fourth-order valence-electron chi connectivity index (χ4n) is 1.91. The van der Waals surface area contributed by atoms with Crippen molar-refractivity contribution in [1.29, 1.82) is 0 Å². The normalized spacial score (nSPS) is 25.5. The summed E-state index contributed by atoms with van der Waals surface area (Å²) in [4.78, 5) is 6.02. The van der Waals surface area contributed by atoms with E-state index in [1.54, 1.807) is 28.0 Å². The van der Waals surface area contributed by atoms with E-state index in [1.807, 2.05) is 0 Å². The van der Waals surface area contributed by atoms with Gasteiger partial charge in [0.1, 0.15) is 6.33 Å². The van der Waals surface area contributed by atoms with Crippen LogP contribution in [-0.2, 0) is 0 Å². The number of aromatic nitrogens is 4. The SMILES string of the molecule is OC1CN(c2nccn3cnnc23)CC1O. The largest absolute Gasteiger partial charge is 0.389 e. The molecule has 2 aromatic rings. The van der Waals surface area contributed by atoms with Crippen molar-refractivity contribution >= 4 is 11.5 Å². The van der Waals surface area contributed by atoms with E-state index in [2.05, 4.69) is 15.2 Å². The first-order valence-corrected chi connectivity index (χ1v) is 5.01. The first-order chi connectivity index (χ1) is 7.75. The Morgan fingerprint density at radius 3 is 2.75 bits per heavy atom. The number of rotatable bonds is 1. The average Bonchev–Trinajstić information content (AvgIpc) is 2.85. The van der Waals surface area contributed by atoms with E-state index in [0.717, 1.165) is 0 Å². The van der Waals surface area contributed by atoms with Crippen LogP contribution in [0.25, 0.3) is 5.65 Å². The molecule has 16 heavy (non-hydrogen) atoms. The molecule has 2 unspecified atom stereocenters. The van der Waals surface area contributed by atoms with Crippen LogP contribution in [0.1, 0.15) is 0 Å². The van der Waals surface area contributed by atoms with Gasteiger partial charge in [0.05, 0.1) is 12.2 Å². The van der Waals surface area contributed by atoms with Gasteiger partial charge in [0.15, 0.2) is 5.82 Å². The minimum absolute atomic E-state index is 0.362. The van der Waals surface area contributed by atoms with Crippen LogP contribution < -0.4 is 4.90 Å². The fourth-order valence-corrected chi connectivity index (χ4v) is 1.91. The van der Waals surface area contributed by atoms with E-state index in [1.165, 1.54) is 0 Å². The van der Waals surface area contributed by atoms with Crippen LogP contribution in [0.4, 0.5) is 5.82 Å². The van der Waals surface area contributed by atoms with Crippen LogP contribution >= 0.6 is 0 Å². The molecule has 1 aliphatic rings. The number of aliphatic hydroxyl groups is 2. The summed E-state index contributed by atoms with van der Waals surface area (Å²) in [6.45, 7) is 0.724. The highest BCUT2D eigenvalue weighted by Crippen LogP contribution is 2.21. The lowest BCUT2D eigenvalue weighted by Crippen LogP contribution is -2.23. The molecule has 0 saturated carbocycles. The third-order valence-electron chi connectivity index (χ3n) is 2.76. The molecule has 0 bridgehead atoms. The molecule has 0 amide bonds. The molecule has 0 spiro atoms. The molecule has 3 rings (SSSR count). The Hall–Kier alpha value is -1.73. The van der Waals surface area contributed by atoms with Gasteiger partial charge in [-0.15, -0.1) is 10.2 Å². The third kappa shape index (κ3) is 1.33. The Bertz CT molecular complexity index is 503. The van der Waals surface area contributed by atoms with Crippen molar-refractivity contribution in [2.24, 2.45) is 0 Å². The van der Waals surface area contributed by atoms with Crippen molar-refractivity contribution in [1.82, 2.24) is 19.6 Å². The second-order valence-electron chi connectivity index (χ2n) is 3.85. The lowest BCUT2D eigenvalue weighted by atomic mass is 10.3. The van der Waals surface area contributed by atoms with Crippen LogP contribution in [-0.4, -0.2) is 55.1 Å². The van der Waals surface area contributed by atoms with Gasteiger partial charge >= 0.3 is 0 Å². The molecule has 84 valence electrons. The molecule has 2 N–H and O–H groups in total. The molecule has 1 aliphatic heterocycles. The summed E-state index contributed by atoms with van der Waals surface area (Å²) < 4.78 is 1.75. The maximum absolute atomic E-state index is 9.49. The number of anilines is 1. The van der Waals surface area contributed by atoms with E-state index in [4.69, 9.17) is 0 Å². The van der Waals surface area contributed by atoms with Crippen LogP contribution in [0.2, 0.25) is 0 Å². The Kier molecular flexibility index (Phi) is 2.01. The van der Waals surface area contributed by atoms with Crippen LogP contribution in [0.5, 0.6) is 0 Å². The zero-order valence-corrected chi connectivity index (χ0v) is 8.43. The van der Waals surface area contributed by atoms with Crippen molar-refractivity contribution in [2.45, 2.75) is 12.2 Å². The Morgan fingerprint density at radius 1 is 1.25 bits per heavy atom. The van der Waals surface area contributed by atoms with E-state index < -0.39 is 12.2 Å². The fraction of sp³-hybridized carbons (Fsp3) is 0.444. The summed E-state index contributed by atoms with van der Waals surface area (Å²) >= 11 is 0. The van der Waals surface area contributed by atoms with E-state index in [0.29, 0.717) is 24.6 Å². The van der Waals surface area contributed by atoms with Gasteiger partial charge in [-0.1, -0.05) is 0 Å². The first kappa shape index (κ1) is 9.49. The third-order valence-corrected chi connectivity index (χ3v) is 2.76. The summed E-state index contributed by atoms with van der Waals surface area (Å²) in [5, 5.41) is 26.7. The molecule has 3 heterocycles. The van der Waals surface area contributed by atoms with Gasteiger partial charge in [-0.2, -0.15) is 0 Å². The molecular formula is C9H11N5O2. The molecule has 0 radical (unpaired) electrons. The molecule has 1 fully saturated rings. The van der Waals surface area contributed by atoms with E-state index >= 15 is 0 Å². The highest BCUT2D eigenvalue weighted by Gasteiger charge is 2.31. The Balaban J connectivity index is 2.03. The number of nitrogens with zero attached hydrogens (tertiary/aromatic N) is 5. The number of hydrogen-bond donors (Lipinski definition) is 2. The molecule has 0 aliphatic carbocycles. The molecular weight excluding hydrogens is 210 g/mol. The summed E-state index contributed by atoms with van der Waals surface area (Å²) in [5.74, 6) is 0.635. The molecule has 2 aromatic heterocycles. The Labute approximate surface area is 91.0 Å². The number of β-amino-alcohol motifs (C(OH)–C–C–N with tert-alkyl or cyclic N) is 2. The number of fused-ring (bicyclic) bond motifs is 1. The zero-order chi connectivity index (χ0) is 11.1. The minimum Gasteiger partial charge on any atom is -0.389 e. The number of aliphatic hydroxyl groups excluding tert-OH is 2. The van der Waals surface area contributed by atoms with Gasteiger partial charge < -0.3 is 15.1 Å². The zero-order valence-electron chi connectivity index (χ0n) is 8.43. The average molecular weight is 221 g/mol. The molecule has 1 saturated heterocycles. The van der Waals surface area contributed by atoms with Gasteiger partial charge in [-0.05, 0) is 0 Å². The standard InChI is InChI=1S/C9H11N5O2/c15-6-3-14(4-7(6)16)8-9-12-11-5-13(9)2-1-10-8/h1-2,5-7,15-16H,3-4H2. The van der Waals surface area contributed by atoms with Crippen molar-refractivity contribution in [3.63, 3.8) is 0 Å². The van der Waals surface area contributed by atoms with Crippen LogP contribution in [0.15, 0.2) is 18.7 Å². The Morgan fingerprint density at radius 2 is 2.00 bits per heavy atom. The van der Waals surface area contributed by atoms with Crippen LogP contribution in [0, 0.1) is 0 Å². The van der Waals surface area contributed by atoms with Gasteiger partial charge in [0, 0.05) is 25.5 Å². The minimum atomic E-state index is -0.732. The predicted molar refractivity (Wildman–Crippen MR) is 55.0 cm³/mol. The molecule has 2 atom stereocenters. The van der Waals surface area contributed by atoms with Crippen molar-refractivity contribution in [3.8, 4) is 0 Å². The van der Waals surface area contributed by atoms with Crippen molar-refractivity contribution in [2.75, 3.05) is 18.0 Å². The van der Waals surface area contributed by atoms with Crippen LogP contribution in [0.3, 0.4) is 0 Å². The van der Waals surface area contributed by atoms with Gasteiger partial charge in [0.2, 0.25) is 5.65 Å². The maximum atomic E-state index is 9.49. The lowest BCUT2D eigenvalue weighted by Gasteiger charge is -2.15. The van der Waals surface area contributed by atoms with Gasteiger partial charge in [0.25, 0.3) is 0 Å². The van der Waals surface area contributed by atoms with E-state index in [-0.39, 0.29) is 0 Å². The smallest absolute Gasteiger partial charge is 0.203 e. The summed E-state index contributed by atoms with van der Waals surface area (Å²) in [6.07, 6.45) is 3.52. The lowest BCUT2D eigenvalue weighted by molar-refractivity contribution is 0.0572. The molecule has 7 heteroatoms. The number of hydrogen-bond acceptors (Lipinski definition) is 6. The monoisotopic (exact) mass is 221 g/mol. The highest BCUT2D eigenvalue weighted by atomic mass is 16.3. The second kappa shape index (κ2) is 3.39. The molecule has 7 nitrogen and oxygen atoms in total. The highest BCUT2D eigenvalue weighted by molar-refractivity contribution is 5.63. The second-order valence-corrected chi connectivity index (χ2v) is 3.85. The predicted octanol–water partition coefficient (Wildman–Crippen LogP) is -1.33. The summed E-state index contributed by atoms with van der Waals surface area (Å²) in [5.41, 5.74) is 0.629. The molecule has 0 aromatic carbocycles. The summed E-state index contributed by atoms with van der Waals surface area (Å²) in [7, 11) is 0. The topological polar surface area (TPSA) is 86.8 Å². The first-order valence-electron chi connectivity index (χ1n) is 5.01. The van der Waals surface area contributed by atoms with Crippen molar-refractivity contribution < 1.29 is 10.2 Å². The summed E-state index contributed by atoms with van der Waals surface area (Å²) in [6, 6.07) is 0.